The van der Waals surface area contributed by atoms with Crippen molar-refractivity contribution in [3.8, 4) is 22.5 Å². The summed E-state index contributed by atoms with van der Waals surface area (Å²) in [6, 6.07) is 13.9. The van der Waals surface area contributed by atoms with Crippen molar-refractivity contribution in [2.75, 3.05) is 37.8 Å². The van der Waals surface area contributed by atoms with Crippen LogP contribution in [-0.4, -0.2) is 48.8 Å². The van der Waals surface area contributed by atoms with Gasteiger partial charge in [-0.1, -0.05) is 12.1 Å². The molecule has 6 heteroatoms. The SMILES string of the molecule is CCOC(=O)c1cc(-c2ccncc2)[nH]c1-c1ccc(N2CCOCC2)cc1. The molecule has 0 bridgehead atoms. The topological polar surface area (TPSA) is 67.5 Å². The molecule has 1 aliphatic heterocycles. The van der Waals surface area contributed by atoms with Crippen molar-refractivity contribution in [3.63, 3.8) is 0 Å². The predicted octanol–water partition coefficient (Wildman–Crippen LogP) is 3.76. The van der Waals surface area contributed by atoms with Crippen LogP contribution in [0.25, 0.3) is 22.5 Å². The number of nitrogens with zero attached hydrogens (tertiary/aromatic N) is 2. The number of esters is 1. The molecule has 0 aliphatic carbocycles. The van der Waals surface area contributed by atoms with Gasteiger partial charge in [0, 0.05) is 42.4 Å². The molecule has 2 aromatic heterocycles. The minimum atomic E-state index is -0.327. The quantitative estimate of drug-likeness (QED) is 0.686. The summed E-state index contributed by atoms with van der Waals surface area (Å²) in [5.41, 5.74) is 5.23. The number of aromatic amines is 1. The first-order valence-corrected chi connectivity index (χ1v) is 9.50. The molecular formula is C22H23N3O3. The number of hydrogen-bond donors (Lipinski definition) is 1. The zero-order valence-electron chi connectivity index (χ0n) is 15.9. The van der Waals surface area contributed by atoms with Gasteiger partial charge >= 0.3 is 5.97 Å². The zero-order chi connectivity index (χ0) is 19.3. The fourth-order valence-electron chi connectivity index (χ4n) is 3.40. The van der Waals surface area contributed by atoms with Gasteiger partial charge in [0.05, 0.1) is 31.1 Å². The molecule has 1 fully saturated rings. The highest BCUT2D eigenvalue weighted by molar-refractivity contribution is 5.98. The Bertz CT molecular complexity index is 929. The van der Waals surface area contributed by atoms with Gasteiger partial charge in [0.1, 0.15) is 0 Å². The van der Waals surface area contributed by atoms with Gasteiger partial charge in [-0.2, -0.15) is 0 Å². The lowest BCUT2D eigenvalue weighted by molar-refractivity contribution is 0.0527. The maximum absolute atomic E-state index is 12.5. The van der Waals surface area contributed by atoms with E-state index in [9.17, 15) is 4.79 Å². The summed E-state index contributed by atoms with van der Waals surface area (Å²) in [5, 5.41) is 0. The fraction of sp³-hybridized carbons (Fsp3) is 0.273. The Morgan fingerprint density at radius 1 is 1.11 bits per heavy atom. The van der Waals surface area contributed by atoms with E-state index in [1.807, 2.05) is 37.3 Å². The highest BCUT2D eigenvalue weighted by atomic mass is 16.5. The molecule has 1 saturated heterocycles. The van der Waals surface area contributed by atoms with E-state index in [1.165, 1.54) is 0 Å². The number of benzene rings is 1. The Balaban J connectivity index is 1.69. The van der Waals surface area contributed by atoms with Gasteiger partial charge in [-0.3, -0.25) is 4.98 Å². The first-order chi connectivity index (χ1) is 13.8. The number of H-pyrrole nitrogens is 1. The molecule has 1 N–H and O–H groups in total. The van der Waals surface area contributed by atoms with Gasteiger partial charge in [0.2, 0.25) is 0 Å². The number of pyridine rings is 1. The third-order valence-corrected chi connectivity index (χ3v) is 4.84. The third-order valence-electron chi connectivity index (χ3n) is 4.84. The molecule has 0 spiro atoms. The zero-order valence-corrected chi connectivity index (χ0v) is 15.9. The van der Waals surface area contributed by atoms with Crippen LogP contribution in [0.15, 0.2) is 54.9 Å². The number of carbonyl (C=O) groups is 1. The van der Waals surface area contributed by atoms with E-state index in [4.69, 9.17) is 9.47 Å². The van der Waals surface area contributed by atoms with Crippen LogP contribution in [0.2, 0.25) is 0 Å². The van der Waals surface area contributed by atoms with Crippen LogP contribution in [0.4, 0.5) is 5.69 Å². The van der Waals surface area contributed by atoms with E-state index in [2.05, 4.69) is 27.0 Å². The molecule has 3 heterocycles. The number of morpholine rings is 1. The molecule has 1 aromatic carbocycles. The third kappa shape index (κ3) is 3.77. The van der Waals surface area contributed by atoms with Crippen molar-refractivity contribution in [2.24, 2.45) is 0 Å². The molecule has 3 aromatic rings. The first kappa shape index (κ1) is 18.3. The van der Waals surface area contributed by atoms with Crippen molar-refractivity contribution in [2.45, 2.75) is 6.92 Å². The van der Waals surface area contributed by atoms with Crippen LogP contribution in [0, 0.1) is 0 Å². The number of carbonyl (C=O) groups excluding carboxylic acids is 1. The average molecular weight is 377 g/mol. The smallest absolute Gasteiger partial charge is 0.340 e. The van der Waals surface area contributed by atoms with E-state index in [1.54, 1.807) is 12.4 Å². The molecule has 0 amide bonds. The molecule has 0 unspecified atom stereocenters. The number of aromatic nitrogens is 2. The second kappa shape index (κ2) is 8.27. The van der Waals surface area contributed by atoms with Crippen LogP contribution in [0.1, 0.15) is 17.3 Å². The lowest BCUT2D eigenvalue weighted by Gasteiger charge is -2.28. The summed E-state index contributed by atoms with van der Waals surface area (Å²) >= 11 is 0. The summed E-state index contributed by atoms with van der Waals surface area (Å²) in [4.78, 5) is 22.3. The van der Waals surface area contributed by atoms with Crippen LogP contribution in [-0.2, 0) is 9.47 Å². The largest absolute Gasteiger partial charge is 0.462 e. The van der Waals surface area contributed by atoms with Crippen LogP contribution >= 0.6 is 0 Å². The van der Waals surface area contributed by atoms with E-state index >= 15 is 0 Å². The standard InChI is InChI=1S/C22H23N3O3/c1-2-28-22(26)19-15-20(16-7-9-23-10-8-16)24-21(19)17-3-5-18(6-4-17)25-11-13-27-14-12-25/h3-10,15,24H,2,11-14H2,1H3. The van der Waals surface area contributed by atoms with Gasteiger partial charge in [-0.15, -0.1) is 0 Å². The molecule has 6 nitrogen and oxygen atoms in total. The Hall–Kier alpha value is -3.12. The maximum atomic E-state index is 12.5. The Kier molecular flexibility index (Phi) is 5.39. The molecule has 1 aliphatic rings. The van der Waals surface area contributed by atoms with Crippen molar-refractivity contribution in [3.05, 3.63) is 60.4 Å². The van der Waals surface area contributed by atoms with E-state index in [0.717, 1.165) is 54.5 Å². The summed E-state index contributed by atoms with van der Waals surface area (Å²) in [6.07, 6.45) is 3.47. The fourth-order valence-corrected chi connectivity index (χ4v) is 3.40. The van der Waals surface area contributed by atoms with Crippen molar-refractivity contribution in [1.82, 2.24) is 9.97 Å². The number of ether oxygens (including phenoxy) is 2. The van der Waals surface area contributed by atoms with E-state index in [0.29, 0.717) is 12.2 Å². The highest BCUT2D eigenvalue weighted by Crippen LogP contribution is 2.31. The second-order valence-electron chi connectivity index (χ2n) is 6.57. The van der Waals surface area contributed by atoms with Crippen molar-refractivity contribution >= 4 is 11.7 Å². The van der Waals surface area contributed by atoms with E-state index < -0.39 is 0 Å². The Morgan fingerprint density at radius 2 is 1.82 bits per heavy atom. The number of nitrogens with one attached hydrogen (secondary N) is 1. The average Bonchev–Trinajstić information content (AvgIpc) is 3.21. The normalized spacial score (nSPS) is 14.1. The molecule has 0 saturated carbocycles. The Morgan fingerprint density at radius 3 is 2.50 bits per heavy atom. The summed E-state index contributed by atoms with van der Waals surface area (Å²) < 4.78 is 10.7. The van der Waals surface area contributed by atoms with Gasteiger partial charge < -0.3 is 19.4 Å². The van der Waals surface area contributed by atoms with Crippen LogP contribution in [0.3, 0.4) is 0 Å². The van der Waals surface area contributed by atoms with Gasteiger partial charge in [0.25, 0.3) is 0 Å². The monoisotopic (exact) mass is 377 g/mol. The number of hydrogen-bond acceptors (Lipinski definition) is 5. The van der Waals surface area contributed by atoms with Crippen molar-refractivity contribution in [1.29, 1.82) is 0 Å². The predicted molar refractivity (Wildman–Crippen MR) is 108 cm³/mol. The Labute approximate surface area is 164 Å². The van der Waals surface area contributed by atoms with Gasteiger partial charge in [0.15, 0.2) is 0 Å². The number of anilines is 1. The van der Waals surface area contributed by atoms with Gasteiger partial charge in [-0.05, 0) is 42.8 Å². The highest BCUT2D eigenvalue weighted by Gasteiger charge is 2.19. The molecular weight excluding hydrogens is 354 g/mol. The lowest BCUT2D eigenvalue weighted by Crippen LogP contribution is -2.36. The molecule has 4 rings (SSSR count). The summed E-state index contributed by atoms with van der Waals surface area (Å²) in [5.74, 6) is -0.327. The van der Waals surface area contributed by atoms with E-state index in [-0.39, 0.29) is 5.97 Å². The minimum Gasteiger partial charge on any atom is -0.462 e. The molecule has 144 valence electrons. The molecule has 0 radical (unpaired) electrons. The molecule has 0 atom stereocenters. The lowest BCUT2D eigenvalue weighted by atomic mass is 10.1. The minimum absolute atomic E-state index is 0.327. The van der Waals surface area contributed by atoms with Crippen LogP contribution in [0.5, 0.6) is 0 Å². The number of rotatable bonds is 5. The van der Waals surface area contributed by atoms with Crippen molar-refractivity contribution < 1.29 is 14.3 Å². The van der Waals surface area contributed by atoms with Gasteiger partial charge in [-0.25, -0.2) is 4.79 Å². The second-order valence-corrected chi connectivity index (χ2v) is 6.57. The summed E-state index contributed by atoms with van der Waals surface area (Å²) in [7, 11) is 0. The first-order valence-electron chi connectivity index (χ1n) is 9.50. The molecule has 28 heavy (non-hydrogen) atoms. The van der Waals surface area contributed by atoms with Crippen LogP contribution < -0.4 is 4.90 Å². The maximum Gasteiger partial charge on any atom is 0.340 e. The summed E-state index contributed by atoms with van der Waals surface area (Å²) in [6.45, 7) is 5.43.